The number of nitrogens with one attached hydrogen (secondary N) is 2. The van der Waals surface area contributed by atoms with Crippen LogP contribution in [0.4, 0.5) is 21.5 Å². The van der Waals surface area contributed by atoms with Crippen LogP contribution in [0.15, 0.2) is 36.4 Å². The number of nitrogen functional groups attached to an aromatic ring is 1. The molecule has 0 saturated heterocycles. The molecule has 0 radical (unpaired) electrons. The molecule has 0 atom stereocenters. The number of anilines is 3. The van der Waals surface area contributed by atoms with Crippen LogP contribution in [0.1, 0.15) is 22.8 Å². The molecule has 4 N–H and O–H groups in total. The van der Waals surface area contributed by atoms with Crippen molar-refractivity contribution in [2.75, 3.05) is 16.4 Å². The van der Waals surface area contributed by atoms with E-state index in [4.69, 9.17) is 5.73 Å². The average Bonchev–Trinajstić information content (AvgIpc) is 2.44. The van der Waals surface area contributed by atoms with Gasteiger partial charge in [-0.05, 0) is 42.8 Å². The maximum Gasteiger partial charge on any atom is 0.257 e. The number of hydrogen-bond acceptors (Lipinski definition) is 3. The topological polar surface area (TPSA) is 84.2 Å². The first-order valence-electron chi connectivity index (χ1n) is 6.61. The summed E-state index contributed by atoms with van der Waals surface area (Å²) < 4.78 is 13.3. The highest BCUT2D eigenvalue weighted by Crippen LogP contribution is 2.22. The minimum atomic E-state index is -0.539. The molecular formula is C16H16FN3O2. The first-order chi connectivity index (χ1) is 10.4. The zero-order chi connectivity index (χ0) is 16.3. The Hall–Kier alpha value is -2.89. The molecule has 22 heavy (non-hydrogen) atoms. The van der Waals surface area contributed by atoms with Gasteiger partial charge in [-0.25, -0.2) is 4.39 Å². The lowest BCUT2D eigenvalue weighted by molar-refractivity contribution is -0.114. The number of carbonyl (C=O) groups is 2. The maximum atomic E-state index is 13.3. The molecule has 0 aliphatic rings. The Kier molecular flexibility index (Phi) is 4.41. The Balaban J connectivity index is 2.27. The molecule has 0 spiro atoms. The normalized spacial score (nSPS) is 10.1. The highest BCUT2D eigenvalue weighted by Gasteiger charge is 2.12. The number of amides is 2. The second-order valence-corrected chi connectivity index (χ2v) is 4.90. The molecule has 2 aromatic carbocycles. The van der Waals surface area contributed by atoms with E-state index in [1.807, 2.05) is 6.92 Å². The molecule has 0 unspecified atom stereocenters. The van der Waals surface area contributed by atoms with Crippen LogP contribution in [-0.2, 0) is 4.79 Å². The van der Waals surface area contributed by atoms with Crippen LogP contribution in [0, 0.1) is 12.7 Å². The molecule has 2 aromatic rings. The highest BCUT2D eigenvalue weighted by atomic mass is 19.1. The highest BCUT2D eigenvalue weighted by molar-refractivity contribution is 6.08. The summed E-state index contributed by atoms with van der Waals surface area (Å²) in [6.45, 7) is 3.20. The Morgan fingerprint density at radius 3 is 2.50 bits per heavy atom. The minimum Gasteiger partial charge on any atom is -0.398 e. The molecule has 0 saturated carbocycles. The molecule has 0 aliphatic carbocycles. The molecule has 6 heteroatoms. The third-order valence-electron chi connectivity index (χ3n) is 3.07. The van der Waals surface area contributed by atoms with Crippen molar-refractivity contribution in [2.24, 2.45) is 0 Å². The van der Waals surface area contributed by atoms with E-state index in [0.29, 0.717) is 11.4 Å². The standard InChI is InChI=1S/C16H16FN3O2/c1-9-3-5-12(19-10(2)21)8-15(9)20-16(22)13-7-11(17)4-6-14(13)18/h3-8H,18H2,1-2H3,(H,19,21)(H,20,22). The van der Waals surface area contributed by atoms with E-state index >= 15 is 0 Å². The van der Waals surface area contributed by atoms with Crippen LogP contribution in [-0.4, -0.2) is 11.8 Å². The fourth-order valence-electron chi connectivity index (χ4n) is 1.95. The van der Waals surface area contributed by atoms with Crippen molar-refractivity contribution in [1.82, 2.24) is 0 Å². The third-order valence-corrected chi connectivity index (χ3v) is 3.07. The molecule has 0 bridgehead atoms. The first kappa shape index (κ1) is 15.5. The molecule has 2 rings (SSSR count). The maximum absolute atomic E-state index is 13.3. The molecule has 0 aliphatic heterocycles. The second-order valence-electron chi connectivity index (χ2n) is 4.90. The van der Waals surface area contributed by atoms with Gasteiger partial charge in [0.05, 0.1) is 5.56 Å². The fourth-order valence-corrected chi connectivity index (χ4v) is 1.95. The van der Waals surface area contributed by atoms with Crippen molar-refractivity contribution >= 4 is 28.9 Å². The molecule has 5 nitrogen and oxygen atoms in total. The Labute approximate surface area is 127 Å². The molecule has 2 amide bonds. The fraction of sp³-hybridized carbons (Fsp3) is 0.125. The molecule has 0 heterocycles. The van der Waals surface area contributed by atoms with E-state index in [-0.39, 0.29) is 17.2 Å². The Morgan fingerprint density at radius 2 is 1.82 bits per heavy atom. The largest absolute Gasteiger partial charge is 0.398 e. The lowest BCUT2D eigenvalue weighted by Gasteiger charge is -2.12. The number of hydrogen-bond donors (Lipinski definition) is 3. The lowest BCUT2D eigenvalue weighted by atomic mass is 10.1. The number of aryl methyl sites for hydroxylation is 1. The van der Waals surface area contributed by atoms with E-state index in [1.165, 1.54) is 19.1 Å². The second kappa shape index (κ2) is 6.26. The van der Waals surface area contributed by atoms with Crippen LogP contribution in [0.3, 0.4) is 0 Å². The number of benzene rings is 2. The van der Waals surface area contributed by atoms with Gasteiger partial charge < -0.3 is 16.4 Å². The zero-order valence-electron chi connectivity index (χ0n) is 12.2. The lowest BCUT2D eigenvalue weighted by Crippen LogP contribution is -2.15. The molecular weight excluding hydrogens is 285 g/mol. The quantitative estimate of drug-likeness (QED) is 0.762. The van der Waals surface area contributed by atoms with Crippen LogP contribution in [0.25, 0.3) is 0 Å². The summed E-state index contributed by atoms with van der Waals surface area (Å²) in [5, 5.41) is 5.30. The van der Waals surface area contributed by atoms with Crippen molar-refractivity contribution in [2.45, 2.75) is 13.8 Å². The molecule has 0 fully saturated rings. The van der Waals surface area contributed by atoms with Crippen molar-refractivity contribution in [3.63, 3.8) is 0 Å². The monoisotopic (exact) mass is 301 g/mol. The first-order valence-corrected chi connectivity index (χ1v) is 6.61. The van der Waals surface area contributed by atoms with Crippen molar-refractivity contribution in [3.8, 4) is 0 Å². The SMILES string of the molecule is CC(=O)Nc1ccc(C)c(NC(=O)c2cc(F)ccc2N)c1. The van der Waals surface area contributed by atoms with Gasteiger partial charge in [-0.2, -0.15) is 0 Å². The van der Waals surface area contributed by atoms with Crippen molar-refractivity contribution < 1.29 is 14.0 Å². The van der Waals surface area contributed by atoms with Crippen LogP contribution >= 0.6 is 0 Å². The summed E-state index contributed by atoms with van der Waals surface area (Å²) in [7, 11) is 0. The van der Waals surface area contributed by atoms with Gasteiger partial charge in [-0.3, -0.25) is 9.59 Å². The van der Waals surface area contributed by atoms with Gasteiger partial charge in [0, 0.05) is 24.0 Å². The van der Waals surface area contributed by atoms with Gasteiger partial charge >= 0.3 is 0 Å². The third kappa shape index (κ3) is 3.60. The van der Waals surface area contributed by atoms with E-state index in [2.05, 4.69) is 10.6 Å². The number of halogens is 1. The Morgan fingerprint density at radius 1 is 1.09 bits per heavy atom. The zero-order valence-corrected chi connectivity index (χ0v) is 12.2. The van der Waals surface area contributed by atoms with E-state index < -0.39 is 11.7 Å². The van der Waals surface area contributed by atoms with E-state index in [0.717, 1.165) is 11.6 Å². The Bertz CT molecular complexity index is 744. The van der Waals surface area contributed by atoms with Gasteiger partial charge in [0.25, 0.3) is 5.91 Å². The average molecular weight is 301 g/mol. The van der Waals surface area contributed by atoms with Crippen molar-refractivity contribution in [3.05, 3.63) is 53.3 Å². The van der Waals surface area contributed by atoms with Gasteiger partial charge in [0.1, 0.15) is 5.82 Å². The number of rotatable bonds is 3. The van der Waals surface area contributed by atoms with Gasteiger partial charge in [-0.15, -0.1) is 0 Å². The predicted molar refractivity (Wildman–Crippen MR) is 84.2 cm³/mol. The summed E-state index contributed by atoms with van der Waals surface area (Å²) in [6.07, 6.45) is 0. The van der Waals surface area contributed by atoms with E-state index in [1.54, 1.807) is 18.2 Å². The van der Waals surface area contributed by atoms with Gasteiger partial charge in [0.2, 0.25) is 5.91 Å². The van der Waals surface area contributed by atoms with E-state index in [9.17, 15) is 14.0 Å². The predicted octanol–water partition coefficient (Wildman–Crippen LogP) is 2.93. The molecule has 0 aromatic heterocycles. The number of carbonyl (C=O) groups excluding carboxylic acids is 2. The summed E-state index contributed by atoms with van der Waals surface area (Å²) in [5.74, 6) is -1.27. The summed E-state index contributed by atoms with van der Waals surface area (Å²) in [4.78, 5) is 23.3. The number of nitrogens with two attached hydrogens (primary N) is 1. The minimum absolute atomic E-state index is 0.0596. The van der Waals surface area contributed by atoms with Crippen LogP contribution in [0.2, 0.25) is 0 Å². The van der Waals surface area contributed by atoms with Gasteiger partial charge in [-0.1, -0.05) is 6.07 Å². The van der Waals surface area contributed by atoms with Crippen LogP contribution < -0.4 is 16.4 Å². The summed E-state index contributed by atoms with van der Waals surface area (Å²) in [6, 6.07) is 8.72. The summed E-state index contributed by atoms with van der Waals surface area (Å²) in [5.41, 5.74) is 7.82. The van der Waals surface area contributed by atoms with Gasteiger partial charge in [0.15, 0.2) is 0 Å². The summed E-state index contributed by atoms with van der Waals surface area (Å²) >= 11 is 0. The van der Waals surface area contributed by atoms with Crippen LogP contribution in [0.5, 0.6) is 0 Å². The smallest absolute Gasteiger partial charge is 0.257 e. The molecule has 114 valence electrons. The van der Waals surface area contributed by atoms with Crippen molar-refractivity contribution in [1.29, 1.82) is 0 Å².